The number of carbonyl (C=O) groups excluding carboxylic acids is 1. The summed E-state index contributed by atoms with van der Waals surface area (Å²) in [6, 6.07) is 7.57. The number of hydrogen-bond acceptors (Lipinski definition) is 5. The molecule has 8 heteroatoms. The minimum Gasteiger partial charge on any atom is -0.454 e. The largest absolute Gasteiger partial charge is 0.454 e. The maximum absolute atomic E-state index is 12.8. The van der Waals surface area contributed by atoms with E-state index in [2.05, 4.69) is 0 Å². The van der Waals surface area contributed by atoms with E-state index in [0.29, 0.717) is 0 Å². The van der Waals surface area contributed by atoms with Crippen molar-refractivity contribution >= 4 is 16.0 Å². The monoisotopic (exact) mass is 327 g/mol. The number of benzene rings is 1. The summed E-state index contributed by atoms with van der Waals surface area (Å²) in [5.74, 6) is -0.926. The van der Waals surface area contributed by atoms with Crippen LogP contribution in [0.3, 0.4) is 0 Å². The number of esters is 1. The molecule has 6 nitrogen and oxygen atoms in total. The van der Waals surface area contributed by atoms with Crippen LogP contribution in [0.4, 0.5) is 4.39 Å². The number of carbonyl (C=O) groups is 1. The van der Waals surface area contributed by atoms with E-state index in [1.165, 1.54) is 38.4 Å². The molecule has 0 saturated heterocycles. The normalized spacial score (nSPS) is 11.6. The molecule has 0 fully saturated rings. The van der Waals surface area contributed by atoms with Gasteiger partial charge in [-0.25, -0.2) is 21.9 Å². The van der Waals surface area contributed by atoms with E-state index in [1.807, 2.05) is 0 Å². The summed E-state index contributed by atoms with van der Waals surface area (Å²) in [6.07, 6.45) is 0. The SMILES string of the molecule is CN(C)S(=O)(=O)c1ccc(COC(=O)c2ccc(F)cc2)o1. The summed E-state index contributed by atoms with van der Waals surface area (Å²) >= 11 is 0. The molecule has 22 heavy (non-hydrogen) atoms. The molecule has 0 aliphatic heterocycles. The van der Waals surface area contributed by atoms with E-state index >= 15 is 0 Å². The van der Waals surface area contributed by atoms with Crippen molar-refractivity contribution in [1.29, 1.82) is 0 Å². The van der Waals surface area contributed by atoms with Crippen LogP contribution in [0.15, 0.2) is 45.9 Å². The third kappa shape index (κ3) is 3.52. The van der Waals surface area contributed by atoms with Gasteiger partial charge < -0.3 is 9.15 Å². The van der Waals surface area contributed by atoms with E-state index in [4.69, 9.17) is 9.15 Å². The topological polar surface area (TPSA) is 76.8 Å². The number of rotatable bonds is 5. The first kappa shape index (κ1) is 16.2. The molecule has 0 aliphatic carbocycles. The van der Waals surface area contributed by atoms with Gasteiger partial charge in [0.15, 0.2) is 0 Å². The molecule has 0 amide bonds. The molecular weight excluding hydrogens is 313 g/mol. The van der Waals surface area contributed by atoms with Crippen LogP contribution in [0.25, 0.3) is 0 Å². The second-order valence-electron chi connectivity index (χ2n) is 4.59. The molecule has 0 aliphatic rings. The molecule has 0 bridgehead atoms. The lowest BCUT2D eigenvalue weighted by atomic mass is 10.2. The van der Waals surface area contributed by atoms with Gasteiger partial charge in [-0.2, -0.15) is 0 Å². The maximum atomic E-state index is 12.8. The van der Waals surface area contributed by atoms with Gasteiger partial charge in [0, 0.05) is 14.1 Å². The second kappa shape index (κ2) is 6.29. The van der Waals surface area contributed by atoms with Crippen LogP contribution in [0, 0.1) is 5.82 Å². The molecule has 0 unspecified atom stereocenters. The Bertz CT molecular complexity index is 765. The van der Waals surface area contributed by atoms with Crippen LogP contribution in [-0.4, -0.2) is 32.8 Å². The highest BCUT2D eigenvalue weighted by Crippen LogP contribution is 2.18. The predicted octanol–water partition coefficient (Wildman–Crippen LogP) is 2.03. The smallest absolute Gasteiger partial charge is 0.338 e. The van der Waals surface area contributed by atoms with Crippen molar-refractivity contribution in [3.05, 3.63) is 53.5 Å². The van der Waals surface area contributed by atoms with Gasteiger partial charge in [-0.1, -0.05) is 0 Å². The van der Waals surface area contributed by atoms with Crippen LogP contribution >= 0.6 is 0 Å². The van der Waals surface area contributed by atoms with Gasteiger partial charge in [0.05, 0.1) is 5.56 Å². The van der Waals surface area contributed by atoms with Crippen molar-refractivity contribution < 1.29 is 26.8 Å². The highest BCUT2D eigenvalue weighted by molar-refractivity contribution is 7.88. The number of ether oxygens (including phenoxy) is 1. The zero-order chi connectivity index (χ0) is 16.3. The standard InChI is InChI=1S/C14H14FNO5S/c1-16(2)22(18,19)13-8-7-12(21-13)9-20-14(17)10-3-5-11(15)6-4-10/h3-8H,9H2,1-2H3. The summed E-state index contributed by atoms with van der Waals surface area (Å²) in [5.41, 5.74) is 0.189. The van der Waals surface area contributed by atoms with Crippen molar-refractivity contribution in [1.82, 2.24) is 4.31 Å². The lowest BCUT2D eigenvalue weighted by molar-refractivity contribution is 0.0440. The molecule has 1 heterocycles. The average Bonchev–Trinajstić information content (AvgIpc) is 2.95. The molecule has 0 atom stereocenters. The minimum atomic E-state index is -3.67. The summed E-state index contributed by atoms with van der Waals surface area (Å²) in [7, 11) is -0.905. The number of nitrogens with zero attached hydrogens (tertiary/aromatic N) is 1. The zero-order valence-corrected chi connectivity index (χ0v) is 12.8. The molecule has 2 aromatic rings. The molecule has 0 spiro atoms. The van der Waals surface area contributed by atoms with Crippen LogP contribution < -0.4 is 0 Å². The Morgan fingerprint density at radius 1 is 1.18 bits per heavy atom. The van der Waals surface area contributed by atoms with E-state index in [1.54, 1.807) is 0 Å². The summed E-state index contributed by atoms with van der Waals surface area (Å²) < 4.78 is 47.5. The number of hydrogen-bond donors (Lipinski definition) is 0. The Labute approximate surface area is 127 Å². The van der Waals surface area contributed by atoms with Crippen molar-refractivity contribution in [2.45, 2.75) is 11.7 Å². The quantitative estimate of drug-likeness (QED) is 0.785. The second-order valence-corrected chi connectivity index (χ2v) is 6.67. The Morgan fingerprint density at radius 3 is 2.41 bits per heavy atom. The molecule has 1 aromatic heterocycles. The van der Waals surface area contributed by atoms with Crippen molar-refractivity contribution in [2.75, 3.05) is 14.1 Å². The maximum Gasteiger partial charge on any atom is 0.338 e. The van der Waals surface area contributed by atoms with Crippen LogP contribution in [-0.2, 0) is 21.4 Å². The van der Waals surface area contributed by atoms with E-state index in [9.17, 15) is 17.6 Å². The zero-order valence-electron chi connectivity index (χ0n) is 11.9. The highest BCUT2D eigenvalue weighted by Gasteiger charge is 2.21. The molecule has 0 saturated carbocycles. The van der Waals surface area contributed by atoms with Gasteiger partial charge in [-0.3, -0.25) is 0 Å². The fraction of sp³-hybridized carbons (Fsp3) is 0.214. The summed E-state index contributed by atoms with van der Waals surface area (Å²) in [6.45, 7) is -0.223. The predicted molar refractivity (Wildman–Crippen MR) is 75.1 cm³/mol. The first-order chi connectivity index (χ1) is 10.3. The Balaban J connectivity index is 2.02. The summed E-state index contributed by atoms with van der Waals surface area (Å²) in [4.78, 5) is 11.7. The van der Waals surface area contributed by atoms with Crippen LogP contribution in [0.2, 0.25) is 0 Å². The first-order valence-electron chi connectivity index (χ1n) is 6.24. The summed E-state index contributed by atoms with van der Waals surface area (Å²) in [5, 5.41) is -0.231. The lowest BCUT2D eigenvalue weighted by Crippen LogP contribution is -2.21. The molecule has 118 valence electrons. The number of sulfonamides is 1. The molecule has 0 N–H and O–H groups in total. The van der Waals surface area contributed by atoms with E-state index in [-0.39, 0.29) is 23.0 Å². The Hall–Kier alpha value is -2.19. The van der Waals surface area contributed by atoms with Gasteiger partial charge in [-0.15, -0.1) is 0 Å². The fourth-order valence-corrected chi connectivity index (χ4v) is 2.37. The van der Waals surface area contributed by atoms with Crippen molar-refractivity contribution in [3.63, 3.8) is 0 Å². The number of furan rings is 1. The highest BCUT2D eigenvalue weighted by atomic mass is 32.2. The minimum absolute atomic E-state index is 0.189. The Morgan fingerprint density at radius 2 is 1.82 bits per heavy atom. The first-order valence-corrected chi connectivity index (χ1v) is 7.68. The Kier molecular flexibility index (Phi) is 4.62. The third-order valence-electron chi connectivity index (χ3n) is 2.80. The van der Waals surface area contributed by atoms with Gasteiger partial charge in [0.2, 0.25) is 5.09 Å². The van der Waals surface area contributed by atoms with Crippen LogP contribution in [0.5, 0.6) is 0 Å². The number of halogens is 1. The fourth-order valence-electron chi connectivity index (χ4n) is 1.56. The van der Waals surface area contributed by atoms with E-state index < -0.39 is 21.8 Å². The molecule has 1 aromatic carbocycles. The van der Waals surface area contributed by atoms with Crippen LogP contribution in [0.1, 0.15) is 16.1 Å². The van der Waals surface area contributed by atoms with Crippen molar-refractivity contribution in [3.8, 4) is 0 Å². The molecular formula is C14H14FNO5S. The van der Waals surface area contributed by atoms with Gasteiger partial charge in [0.25, 0.3) is 10.0 Å². The average molecular weight is 327 g/mol. The van der Waals surface area contributed by atoms with Crippen molar-refractivity contribution in [2.24, 2.45) is 0 Å². The lowest BCUT2D eigenvalue weighted by Gasteiger charge is -2.07. The third-order valence-corrected chi connectivity index (χ3v) is 4.49. The van der Waals surface area contributed by atoms with Gasteiger partial charge >= 0.3 is 5.97 Å². The van der Waals surface area contributed by atoms with E-state index in [0.717, 1.165) is 16.4 Å². The molecule has 2 rings (SSSR count). The van der Waals surface area contributed by atoms with Gasteiger partial charge in [-0.05, 0) is 36.4 Å². The van der Waals surface area contributed by atoms with Gasteiger partial charge in [0.1, 0.15) is 18.2 Å². The molecule has 0 radical (unpaired) electrons.